The van der Waals surface area contributed by atoms with Crippen LogP contribution in [0.1, 0.15) is 29.5 Å². The zero-order valence-electron chi connectivity index (χ0n) is 10.8. The molecule has 6 nitrogen and oxygen atoms in total. The molecule has 106 valence electrons. The second kappa shape index (κ2) is 3.79. The molecule has 1 spiro atoms. The van der Waals surface area contributed by atoms with Crippen LogP contribution in [-0.2, 0) is 0 Å². The Morgan fingerprint density at radius 3 is 3.00 bits per heavy atom. The Labute approximate surface area is 132 Å². The van der Waals surface area contributed by atoms with Gasteiger partial charge in [-0.25, -0.2) is 4.99 Å². The number of aromatic nitrogens is 1. The molecule has 0 aromatic carbocycles. The first kappa shape index (κ1) is 12.7. The summed E-state index contributed by atoms with van der Waals surface area (Å²) in [5.74, 6) is 0.510. The molecule has 1 amide bonds. The number of halogens is 2. The largest absolute Gasteiger partial charge is 0.370 e. The minimum absolute atomic E-state index is 0.0250. The number of aliphatic imine (C=N–C) groups is 1. The van der Waals surface area contributed by atoms with Gasteiger partial charge in [-0.05, 0) is 50.8 Å². The Bertz CT molecular complexity index is 669. The zero-order chi connectivity index (χ0) is 14.2. The fraction of sp³-hybridized carbons (Fsp3) is 0.500. The fourth-order valence-corrected chi connectivity index (χ4v) is 4.56. The van der Waals surface area contributed by atoms with Gasteiger partial charge in [0.2, 0.25) is 0 Å². The third-order valence-electron chi connectivity index (χ3n) is 4.48. The predicted molar refractivity (Wildman–Crippen MR) is 81.3 cm³/mol. The van der Waals surface area contributed by atoms with Crippen LogP contribution in [0, 0.1) is 0 Å². The minimum Gasteiger partial charge on any atom is -0.370 e. The molecule has 0 unspecified atom stereocenters. The Morgan fingerprint density at radius 2 is 2.25 bits per heavy atom. The number of carbonyl (C=O) groups excluding carboxylic acids is 1. The Kier molecular flexibility index (Phi) is 2.41. The number of amides is 1. The molecule has 0 saturated carbocycles. The second-order valence-electron chi connectivity index (χ2n) is 5.43. The summed E-state index contributed by atoms with van der Waals surface area (Å²) < 4.78 is 3.72. The van der Waals surface area contributed by atoms with Gasteiger partial charge in [0.15, 0.2) is 17.8 Å². The Balaban J connectivity index is 2.03. The molecule has 1 saturated heterocycles. The Hall–Kier alpha value is -1.02. The van der Waals surface area contributed by atoms with Gasteiger partial charge in [0.1, 0.15) is 10.3 Å². The molecule has 2 N–H and O–H groups in total. The summed E-state index contributed by atoms with van der Waals surface area (Å²) in [5, 5.41) is 0. The van der Waals surface area contributed by atoms with Gasteiger partial charge in [-0.1, -0.05) is 0 Å². The van der Waals surface area contributed by atoms with E-state index in [4.69, 9.17) is 5.73 Å². The van der Waals surface area contributed by atoms with Crippen molar-refractivity contribution in [3.05, 3.63) is 20.8 Å². The van der Waals surface area contributed by atoms with E-state index >= 15 is 0 Å². The molecule has 0 bridgehead atoms. The zero-order valence-corrected chi connectivity index (χ0v) is 14.0. The van der Waals surface area contributed by atoms with Crippen LogP contribution < -0.4 is 5.73 Å². The first-order chi connectivity index (χ1) is 9.47. The van der Waals surface area contributed by atoms with Crippen molar-refractivity contribution in [2.24, 2.45) is 10.7 Å². The maximum Gasteiger partial charge on any atom is 0.272 e. The molecule has 8 heteroatoms. The maximum absolute atomic E-state index is 12.7. The summed E-state index contributed by atoms with van der Waals surface area (Å²) in [6.45, 7) is 0.736. The van der Waals surface area contributed by atoms with Crippen LogP contribution in [0.25, 0.3) is 0 Å². The van der Waals surface area contributed by atoms with Gasteiger partial charge in [-0.3, -0.25) is 4.79 Å². The molecule has 1 aromatic rings. The highest BCUT2D eigenvalue weighted by Crippen LogP contribution is 2.51. The molecular weight excluding hydrogens is 390 g/mol. The van der Waals surface area contributed by atoms with Crippen LogP contribution in [0.5, 0.6) is 0 Å². The number of carbonyl (C=O) groups is 1. The van der Waals surface area contributed by atoms with E-state index in [-0.39, 0.29) is 12.1 Å². The minimum atomic E-state index is -0.552. The number of hydrogen-bond acceptors (Lipinski definition) is 4. The molecule has 4 rings (SSSR count). The normalized spacial score (nSPS) is 31.2. The number of nitrogens with zero attached hydrogens (tertiary/aromatic N) is 4. The Morgan fingerprint density at radius 1 is 1.50 bits per heavy atom. The van der Waals surface area contributed by atoms with Crippen molar-refractivity contribution in [3.8, 4) is 0 Å². The molecule has 20 heavy (non-hydrogen) atoms. The van der Waals surface area contributed by atoms with Gasteiger partial charge >= 0.3 is 0 Å². The highest BCUT2D eigenvalue weighted by Gasteiger charge is 2.60. The van der Waals surface area contributed by atoms with E-state index in [9.17, 15) is 4.79 Å². The summed E-state index contributed by atoms with van der Waals surface area (Å²) in [4.78, 5) is 21.2. The number of fused-ring (bicyclic) bond motifs is 2. The molecule has 3 aliphatic rings. The first-order valence-electron chi connectivity index (χ1n) is 6.44. The van der Waals surface area contributed by atoms with Gasteiger partial charge in [-0.15, -0.1) is 0 Å². The lowest BCUT2D eigenvalue weighted by Gasteiger charge is -2.44. The molecular formula is C12H13Br2N5O. The highest BCUT2D eigenvalue weighted by molar-refractivity contribution is 9.13. The van der Waals surface area contributed by atoms with E-state index in [0.717, 1.165) is 28.5 Å². The van der Waals surface area contributed by atoms with Crippen LogP contribution in [0.3, 0.4) is 0 Å². The fourth-order valence-electron chi connectivity index (χ4n) is 3.65. The molecule has 2 atom stereocenters. The van der Waals surface area contributed by atoms with E-state index in [1.807, 2.05) is 27.5 Å². The summed E-state index contributed by atoms with van der Waals surface area (Å²) >= 11 is 7.06. The monoisotopic (exact) mass is 401 g/mol. The highest BCUT2D eigenvalue weighted by atomic mass is 79.9. The van der Waals surface area contributed by atoms with Crippen molar-refractivity contribution in [2.45, 2.75) is 24.7 Å². The van der Waals surface area contributed by atoms with Crippen LogP contribution >= 0.6 is 31.9 Å². The van der Waals surface area contributed by atoms with E-state index in [1.165, 1.54) is 0 Å². The molecule has 4 heterocycles. The van der Waals surface area contributed by atoms with Gasteiger partial charge in [-0.2, -0.15) is 0 Å². The van der Waals surface area contributed by atoms with Crippen molar-refractivity contribution < 1.29 is 4.79 Å². The first-order valence-corrected chi connectivity index (χ1v) is 8.02. The summed E-state index contributed by atoms with van der Waals surface area (Å²) in [6, 6.07) is 1.86. The van der Waals surface area contributed by atoms with E-state index in [0.29, 0.717) is 11.7 Å². The number of likely N-dealkylation sites (N-methyl/N-ethyl adjacent to an activating group) is 1. The van der Waals surface area contributed by atoms with Crippen LogP contribution in [0.2, 0.25) is 0 Å². The van der Waals surface area contributed by atoms with E-state index in [1.54, 1.807) is 0 Å². The van der Waals surface area contributed by atoms with Crippen molar-refractivity contribution in [2.75, 3.05) is 13.6 Å². The third-order valence-corrected chi connectivity index (χ3v) is 6.43. The van der Waals surface area contributed by atoms with Gasteiger partial charge in [0.05, 0.1) is 4.47 Å². The average Bonchev–Trinajstić information content (AvgIpc) is 3.01. The van der Waals surface area contributed by atoms with Gasteiger partial charge < -0.3 is 20.1 Å². The maximum atomic E-state index is 12.7. The van der Waals surface area contributed by atoms with E-state index < -0.39 is 5.66 Å². The molecule has 1 aromatic heterocycles. The standard InChI is InChI=1S/C12H13Br2N5O/c1-17-10-12(16-11(17)15)3-2-4-18(12)9(20)7-5-6(13)8(14)19(7)10/h5,10H,2-4H2,1H3,(H2,15,16)/t10-,12+/m0/s1. The lowest BCUT2D eigenvalue weighted by atomic mass is 10.0. The molecule has 1 fully saturated rings. The van der Waals surface area contributed by atoms with Crippen molar-refractivity contribution in [1.29, 1.82) is 0 Å². The lowest BCUT2D eigenvalue weighted by Crippen LogP contribution is -2.57. The number of rotatable bonds is 0. The van der Waals surface area contributed by atoms with Gasteiger partial charge in [0, 0.05) is 13.6 Å². The molecule has 0 radical (unpaired) electrons. The van der Waals surface area contributed by atoms with Gasteiger partial charge in [0.25, 0.3) is 5.91 Å². The average molecular weight is 403 g/mol. The molecule has 3 aliphatic heterocycles. The SMILES string of the molecule is CN1C(N)=N[C@]23CCCN2C(=O)c2cc(Br)c(Br)n2[C@H]13. The predicted octanol–water partition coefficient (Wildman–Crippen LogP) is 1.72. The smallest absolute Gasteiger partial charge is 0.272 e. The lowest BCUT2D eigenvalue weighted by molar-refractivity contribution is 0.0188. The van der Waals surface area contributed by atoms with Crippen LogP contribution in [0.4, 0.5) is 0 Å². The summed E-state index contributed by atoms with van der Waals surface area (Å²) in [5.41, 5.74) is 6.16. The van der Waals surface area contributed by atoms with Crippen LogP contribution in [0.15, 0.2) is 20.1 Å². The quantitative estimate of drug-likeness (QED) is 0.718. The molecule has 0 aliphatic carbocycles. The number of nitrogens with two attached hydrogens (primary N) is 1. The number of guanidine groups is 1. The number of hydrogen-bond donors (Lipinski definition) is 1. The van der Waals surface area contributed by atoms with Crippen LogP contribution in [-0.4, -0.2) is 45.5 Å². The van der Waals surface area contributed by atoms with Crippen molar-refractivity contribution >= 4 is 43.7 Å². The third kappa shape index (κ3) is 1.25. The van der Waals surface area contributed by atoms with Crippen molar-refractivity contribution in [3.63, 3.8) is 0 Å². The second-order valence-corrected chi connectivity index (χ2v) is 7.04. The summed E-state index contributed by atoms with van der Waals surface area (Å²) in [6.07, 6.45) is 1.71. The summed E-state index contributed by atoms with van der Waals surface area (Å²) in [7, 11) is 1.93. The van der Waals surface area contributed by atoms with Crippen molar-refractivity contribution in [1.82, 2.24) is 14.4 Å². The topological polar surface area (TPSA) is 66.9 Å². The van der Waals surface area contributed by atoms with E-state index in [2.05, 4.69) is 36.9 Å².